The lowest BCUT2D eigenvalue weighted by Gasteiger charge is -2.21. The lowest BCUT2D eigenvalue weighted by Crippen LogP contribution is -2.22. The molecule has 1 unspecified atom stereocenters. The number of fused-ring (bicyclic) bond motifs is 1. The van der Waals surface area contributed by atoms with E-state index in [1.807, 2.05) is 0 Å². The molecule has 0 saturated heterocycles. The van der Waals surface area contributed by atoms with Crippen molar-refractivity contribution in [3.8, 4) is 0 Å². The second-order valence-electron chi connectivity index (χ2n) is 3.66. The van der Waals surface area contributed by atoms with Gasteiger partial charge in [-0.3, -0.25) is 0 Å². The van der Waals surface area contributed by atoms with Crippen LogP contribution in [-0.2, 0) is 24.2 Å². The number of aldehydes is 1. The van der Waals surface area contributed by atoms with E-state index in [0.717, 1.165) is 42.5 Å². The Bertz CT molecular complexity index is 359. The first kappa shape index (κ1) is 9.90. The van der Waals surface area contributed by atoms with Crippen LogP contribution >= 0.6 is 15.9 Å². The van der Waals surface area contributed by atoms with Gasteiger partial charge in [-0.2, -0.15) is 0 Å². The van der Waals surface area contributed by atoms with E-state index in [9.17, 15) is 4.79 Å². The molecule has 4 heteroatoms. The molecule has 2 heterocycles. The zero-order valence-corrected chi connectivity index (χ0v) is 9.75. The number of imidazole rings is 1. The third kappa shape index (κ3) is 1.52. The number of carbonyl (C=O) groups excluding carboxylic acids is 1. The van der Waals surface area contributed by atoms with E-state index in [1.54, 1.807) is 0 Å². The molecule has 14 heavy (non-hydrogen) atoms. The van der Waals surface area contributed by atoms with E-state index in [1.165, 1.54) is 5.69 Å². The first-order valence-electron chi connectivity index (χ1n) is 4.95. The third-order valence-corrected chi connectivity index (χ3v) is 3.42. The summed E-state index contributed by atoms with van der Waals surface area (Å²) in [7, 11) is 0. The minimum absolute atomic E-state index is 0.175. The van der Waals surface area contributed by atoms with Crippen LogP contribution in [0.2, 0.25) is 0 Å². The quantitative estimate of drug-likeness (QED) is 0.759. The Labute approximate surface area is 91.6 Å². The predicted molar refractivity (Wildman–Crippen MR) is 57.2 cm³/mol. The zero-order chi connectivity index (χ0) is 10.1. The molecule has 1 aliphatic rings. The maximum atomic E-state index is 10.7. The van der Waals surface area contributed by atoms with E-state index in [0.29, 0.717) is 0 Å². The first-order valence-corrected chi connectivity index (χ1v) is 5.74. The second kappa shape index (κ2) is 3.85. The van der Waals surface area contributed by atoms with Gasteiger partial charge in [0.15, 0.2) is 0 Å². The molecule has 76 valence electrons. The number of nitrogens with zero attached hydrogens (tertiary/aromatic N) is 2. The summed E-state index contributed by atoms with van der Waals surface area (Å²) in [4.78, 5) is 15.2. The molecule has 0 spiro atoms. The average Bonchev–Trinajstić information content (AvgIpc) is 2.55. The van der Waals surface area contributed by atoms with Crippen molar-refractivity contribution >= 4 is 22.2 Å². The van der Waals surface area contributed by atoms with E-state index in [2.05, 4.69) is 32.4 Å². The average molecular weight is 257 g/mol. The summed E-state index contributed by atoms with van der Waals surface area (Å²) in [5, 5.41) is 0. The van der Waals surface area contributed by atoms with Crippen molar-refractivity contribution in [1.82, 2.24) is 9.55 Å². The van der Waals surface area contributed by atoms with Crippen molar-refractivity contribution in [2.45, 2.75) is 32.7 Å². The molecule has 1 aromatic heterocycles. The summed E-state index contributed by atoms with van der Waals surface area (Å²) in [5.41, 5.74) is 1.25. The number of carbonyl (C=O) groups is 1. The topological polar surface area (TPSA) is 34.9 Å². The molecule has 0 bridgehead atoms. The van der Waals surface area contributed by atoms with E-state index < -0.39 is 0 Å². The van der Waals surface area contributed by atoms with Crippen LogP contribution in [0.25, 0.3) is 0 Å². The van der Waals surface area contributed by atoms with Crippen LogP contribution in [0, 0.1) is 5.92 Å². The third-order valence-electron chi connectivity index (χ3n) is 2.78. The normalized spacial score (nSPS) is 20.6. The van der Waals surface area contributed by atoms with Crippen molar-refractivity contribution < 1.29 is 4.79 Å². The van der Waals surface area contributed by atoms with Gasteiger partial charge >= 0.3 is 0 Å². The summed E-state index contributed by atoms with van der Waals surface area (Å²) in [6.45, 7) is 2.90. The van der Waals surface area contributed by atoms with Gasteiger partial charge in [-0.15, -0.1) is 0 Å². The van der Waals surface area contributed by atoms with Gasteiger partial charge in [-0.1, -0.05) is 6.92 Å². The fraction of sp³-hybridized carbons (Fsp3) is 0.600. The highest BCUT2D eigenvalue weighted by Gasteiger charge is 2.23. The van der Waals surface area contributed by atoms with Crippen molar-refractivity contribution in [2.75, 3.05) is 0 Å². The number of halogens is 1. The van der Waals surface area contributed by atoms with Gasteiger partial charge in [0.2, 0.25) is 0 Å². The zero-order valence-electron chi connectivity index (χ0n) is 8.16. The van der Waals surface area contributed by atoms with Crippen LogP contribution in [0.4, 0.5) is 0 Å². The molecule has 0 aliphatic carbocycles. The maximum absolute atomic E-state index is 10.7. The van der Waals surface area contributed by atoms with Crippen LogP contribution in [-0.4, -0.2) is 15.8 Å². The summed E-state index contributed by atoms with van der Waals surface area (Å²) in [6, 6.07) is 0. The van der Waals surface area contributed by atoms with Gasteiger partial charge in [0.1, 0.15) is 16.7 Å². The number of rotatable bonds is 2. The predicted octanol–water partition coefficient (Wildman–Crippen LogP) is 1.97. The van der Waals surface area contributed by atoms with Crippen LogP contribution in [0.3, 0.4) is 0 Å². The number of hydrogen-bond acceptors (Lipinski definition) is 2. The lowest BCUT2D eigenvalue weighted by atomic mass is 10.00. The maximum Gasteiger partial charge on any atom is 0.127 e. The highest BCUT2D eigenvalue weighted by molar-refractivity contribution is 9.10. The molecule has 0 N–H and O–H groups in total. The Morgan fingerprint density at radius 3 is 3.14 bits per heavy atom. The standard InChI is InChI=1S/C10H13BrN2O/c1-2-9-12-10(11)8-4-3-7(6-14)5-13(8)9/h6-7H,2-5H2,1H3. The summed E-state index contributed by atoms with van der Waals surface area (Å²) < 4.78 is 3.14. The fourth-order valence-corrected chi connectivity index (χ4v) is 2.60. The summed E-state index contributed by atoms with van der Waals surface area (Å²) in [6.07, 6.45) is 3.90. The Hall–Kier alpha value is -0.640. The van der Waals surface area contributed by atoms with Crippen LogP contribution in [0.15, 0.2) is 4.60 Å². The Kier molecular flexibility index (Phi) is 2.72. The highest BCUT2D eigenvalue weighted by atomic mass is 79.9. The van der Waals surface area contributed by atoms with Crippen LogP contribution in [0.1, 0.15) is 24.9 Å². The molecule has 3 nitrogen and oxygen atoms in total. The van der Waals surface area contributed by atoms with Gasteiger partial charge in [0, 0.05) is 18.9 Å². The van der Waals surface area contributed by atoms with Gasteiger partial charge in [-0.25, -0.2) is 4.98 Å². The minimum atomic E-state index is 0.175. The Balaban J connectivity index is 2.38. The number of aryl methyl sites for hydroxylation is 1. The van der Waals surface area contributed by atoms with Crippen molar-refractivity contribution in [2.24, 2.45) is 5.92 Å². The van der Waals surface area contributed by atoms with Gasteiger partial charge in [0.25, 0.3) is 0 Å². The summed E-state index contributed by atoms with van der Waals surface area (Å²) in [5.74, 6) is 1.26. The summed E-state index contributed by atoms with van der Waals surface area (Å²) >= 11 is 3.47. The molecule has 0 aromatic carbocycles. The van der Waals surface area contributed by atoms with Gasteiger partial charge in [0.05, 0.1) is 5.69 Å². The molecule has 1 aromatic rings. The van der Waals surface area contributed by atoms with Crippen molar-refractivity contribution in [3.63, 3.8) is 0 Å². The van der Waals surface area contributed by atoms with Crippen molar-refractivity contribution in [1.29, 1.82) is 0 Å². The molecular weight excluding hydrogens is 244 g/mol. The molecule has 0 radical (unpaired) electrons. The molecule has 0 fully saturated rings. The molecular formula is C10H13BrN2O. The Morgan fingerprint density at radius 2 is 2.50 bits per heavy atom. The van der Waals surface area contributed by atoms with E-state index in [-0.39, 0.29) is 5.92 Å². The smallest absolute Gasteiger partial charge is 0.127 e. The van der Waals surface area contributed by atoms with Crippen LogP contribution < -0.4 is 0 Å². The number of aromatic nitrogens is 2. The largest absolute Gasteiger partial charge is 0.330 e. The number of hydrogen-bond donors (Lipinski definition) is 0. The first-order chi connectivity index (χ1) is 6.76. The van der Waals surface area contributed by atoms with Crippen LogP contribution in [0.5, 0.6) is 0 Å². The SMILES string of the molecule is CCc1nc(Br)c2n1CC(C=O)CC2. The van der Waals surface area contributed by atoms with Crippen molar-refractivity contribution in [3.05, 3.63) is 16.1 Å². The highest BCUT2D eigenvalue weighted by Crippen LogP contribution is 2.26. The molecule has 0 saturated carbocycles. The van der Waals surface area contributed by atoms with E-state index in [4.69, 9.17) is 0 Å². The minimum Gasteiger partial charge on any atom is -0.330 e. The molecule has 0 amide bonds. The van der Waals surface area contributed by atoms with E-state index >= 15 is 0 Å². The second-order valence-corrected chi connectivity index (χ2v) is 4.42. The molecule has 1 atom stereocenters. The Morgan fingerprint density at radius 1 is 1.71 bits per heavy atom. The fourth-order valence-electron chi connectivity index (χ4n) is 1.99. The lowest BCUT2D eigenvalue weighted by molar-refractivity contribution is -0.111. The monoisotopic (exact) mass is 256 g/mol. The van der Waals surface area contributed by atoms with Gasteiger partial charge in [-0.05, 0) is 28.8 Å². The molecule has 1 aliphatic heterocycles. The molecule has 2 rings (SSSR count). The van der Waals surface area contributed by atoms with Gasteiger partial charge < -0.3 is 9.36 Å².